The molecule has 0 aliphatic carbocycles. The minimum atomic E-state index is 0.530. The Labute approximate surface area is 123 Å². The number of rotatable bonds is 4. The molecule has 0 aliphatic rings. The molecule has 2 aromatic carbocycles. The van der Waals surface area contributed by atoms with E-state index >= 15 is 0 Å². The van der Waals surface area contributed by atoms with Gasteiger partial charge < -0.3 is 10.1 Å². The molecule has 102 valence electrons. The summed E-state index contributed by atoms with van der Waals surface area (Å²) in [6.45, 7) is 2.62. The third-order valence-corrected chi connectivity index (χ3v) is 3.32. The van der Waals surface area contributed by atoms with Gasteiger partial charge in [-0.05, 0) is 42.3 Å². The second kappa shape index (κ2) is 6.31. The summed E-state index contributed by atoms with van der Waals surface area (Å²) in [5.41, 5.74) is 3.56. The summed E-state index contributed by atoms with van der Waals surface area (Å²) in [6.07, 6.45) is 0. The van der Waals surface area contributed by atoms with Crippen LogP contribution < -0.4 is 10.1 Å². The van der Waals surface area contributed by atoms with Crippen LogP contribution in [0.25, 0.3) is 0 Å². The highest BCUT2D eigenvalue weighted by atomic mass is 35.5. The van der Waals surface area contributed by atoms with E-state index in [4.69, 9.17) is 21.6 Å². The average Bonchev–Trinajstić information content (AvgIpc) is 2.47. The predicted octanol–water partition coefficient (Wildman–Crippen LogP) is 4.14. The first-order chi connectivity index (χ1) is 9.63. The molecule has 2 rings (SSSR count). The Morgan fingerprint density at radius 1 is 1.25 bits per heavy atom. The number of nitrogens with zero attached hydrogens (tertiary/aromatic N) is 1. The quantitative estimate of drug-likeness (QED) is 0.919. The smallest absolute Gasteiger partial charge is 0.136 e. The van der Waals surface area contributed by atoms with Crippen molar-refractivity contribution in [1.29, 1.82) is 5.26 Å². The van der Waals surface area contributed by atoms with E-state index in [0.29, 0.717) is 22.9 Å². The molecule has 0 aliphatic heterocycles. The zero-order valence-corrected chi connectivity index (χ0v) is 12.2. The van der Waals surface area contributed by atoms with Crippen LogP contribution in [0, 0.1) is 18.3 Å². The van der Waals surface area contributed by atoms with Crippen LogP contribution >= 0.6 is 11.6 Å². The molecule has 0 fully saturated rings. The van der Waals surface area contributed by atoms with Gasteiger partial charge in [0.1, 0.15) is 11.8 Å². The van der Waals surface area contributed by atoms with Crippen LogP contribution in [0.15, 0.2) is 36.4 Å². The van der Waals surface area contributed by atoms with Gasteiger partial charge in [-0.15, -0.1) is 0 Å². The molecule has 0 aromatic heterocycles. The van der Waals surface area contributed by atoms with Crippen LogP contribution in [-0.2, 0) is 6.54 Å². The summed E-state index contributed by atoms with van der Waals surface area (Å²) in [6, 6.07) is 13.5. The zero-order chi connectivity index (χ0) is 14.5. The van der Waals surface area contributed by atoms with Gasteiger partial charge in [-0.1, -0.05) is 23.7 Å². The molecule has 0 saturated heterocycles. The molecule has 3 nitrogen and oxygen atoms in total. The minimum absolute atomic E-state index is 0.530. The second-order valence-electron chi connectivity index (χ2n) is 4.48. The number of hydrogen-bond acceptors (Lipinski definition) is 3. The number of nitrogens with one attached hydrogen (secondary N) is 1. The predicted molar refractivity (Wildman–Crippen MR) is 81.2 cm³/mol. The van der Waals surface area contributed by atoms with Gasteiger partial charge in [0.05, 0.1) is 23.4 Å². The number of anilines is 1. The van der Waals surface area contributed by atoms with Gasteiger partial charge >= 0.3 is 0 Å². The summed E-state index contributed by atoms with van der Waals surface area (Å²) in [4.78, 5) is 0. The highest BCUT2D eigenvalue weighted by Crippen LogP contribution is 2.24. The van der Waals surface area contributed by atoms with Crippen LogP contribution in [0.3, 0.4) is 0 Å². The molecule has 0 spiro atoms. The number of methoxy groups -OCH3 is 1. The SMILES string of the molecule is COc1ccc(CNc2cc(C)ccc2Cl)cc1C#N. The fourth-order valence-corrected chi connectivity index (χ4v) is 2.11. The number of ether oxygens (including phenoxy) is 1. The normalized spacial score (nSPS) is 9.90. The largest absolute Gasteiger partial charge is 0.495 e. The van der Waals surface area contributed by atoms with Crippen LogP contribution in [0.5, 0.6) is 5.75 Å². The fraction of sp³-hybridized carbons (Fsp3) is 0.188. The van der Waals surface area contributed by atoms with Crippen molar-refractivity contribution in [3.05, 3.63) is 58.1 Å². The van der Waals surface area contributed by atoms with Crippen molar-refractivity contribution < 1.29 is 4.74 Å². The zero-order valence-electron chi connectivity index (χ0n) is 11.4. The summed E-state index contributed by atoms with van der Waals surface area (Å²) in [5.74, 6) is 0.588. The van der Waals surface area contributed by atoms with Gasteiger partial charge in [0.2, 0.25) is 0 Å². The van der Waals surface area contributed by atoms with Gasteiger partial charge in [-0.25, -0.2) is 0 Å². The molecular formula is C16H15ClN2O. The Morgan fingerprint density at radius 3 is 2.75 bits per heavy atom. The third kappa shape index (κ3) is 3.23. The highest BCUT2D eigenvalue weighted by molar-refractivity contribution is 6.33. The Bertz CT molecular complexity index is 662. The Kier molecular flexibility index (Phi) is 4.49. The number of halogens is 1. The molecular weight excluding hydrogens is 272 g/mol. The number of nitriles is 1. The first-order valence-electron chi connectivity index (χ1n) is 6.21. The monoisotopic (exact) mass is 286 g/mol. The van der Waals surface area contributed by atoms with Crippen molar-refractivity contribution in [2.45, 2.75) is 13.5 Å². The summed E-state index contributed by atoms with van der Waals surface area (Å²) >= 11 is 6.13. The maximum Gasteiger partial charge on any atom is 0.136 e. The number of hydrogen-bond donors (Lipinski definition) is 1. The maximum absolute atomic E-state index is 9.07. The van der Waals surface area contributed by atoms with E-state index in [9.17, 15) is 0 Å². The average molecular weight is 287 g/mol. The molecule has 4 heteroatoms. The van der Waals surface area contributed by atoms with Crippen molar-refractivity contribution in [1.82, 2.24) is 0 Å². The van der Waals surface area contributed by atoms with Crippen molar-refractivity contribution >= 4 is 17.3 Å². The van der Waals surface area contributed by atoms with E-state index in [1.807, 2.05) is 37.3 Å². The topological polar surface area (TPSA) is 45.0 Å². The Morgan fingerprint density at radius 2 is 2.05 bits per heavy atom. The van der Waals surface area contributed by atoms with E-state index < -0.39 is 0 Å². The first-order valence-corrected chi connectivity index (χ1v) is 6.59. The fourth-order valence-electron chi connectivity index (χ4n) is 1.92. The van der Waals surface area contributed by atoms with E-state index in [0.717, 1.165) is 16.8 Å². The number of benzene rings is 2. The maximum atomic E-state index is 9.07. The molecule has 2 aromatic rings. The van der Waals surface area contributed by atoms with E-state index in [1.165, 1.54) is 0 Å². The molecule has 20 heavy (non-hydrogen) atoms. The lowest BCUT2D eigenvalue weighted by Gasteiger charge is -2.10. The molecule has 0 amide bonds. The second-order valence-corrected chi connectivity index (χ2v) is 4.89. The lowest BCUT2D eigenvalue weighted by molar-refractivity contribution is 0.413. The van der Waals surface area contributed by atoms with Gasteiger partial charge in [0.25, 0.3) is 0 Å². The van der Waals surface area contributed by atoms with Crippen molar-refractivity contribution in [2.75, 3.05) is 12.4 Å². The van der Waals surface area contributed by atoms with Crippen molar-refractivity contribution in [2.24, 2.45) is 0 Å². The molecule has 0 heterocycles. The van der Waals surface area contributed by atoms with Crippen LogP contribution in [0.2, 0.25) is 5.02 Å². The molecule has 1 N–H and O–H groups in total. The lowest BCUT2D eigenvalue weighted by atomic mass is 10.1. The standard InChI is InChI=1S/C16H15ClN2O/c1-11-3-5-14(17)15(7-11)19-10-12-4-6-16(20-2)13(8-12)9-18/h3-8,19H,10H2,1-2H3. The highest BCUT2D eigenvalue weighted by Gasteiger charge is 2.05. The summed E-state index contributed by atoms with van der Waals surface area (Å²) in [5, 5.41) is 13.0. The first kappa shape index (κ1) is 14.2. The Balaban J connectivity index is 2.15. The molecule has 0 saturated carbocycles. The minimum Gasteiger partial charge on any atom is -0.495 e. The van der Waals surface area contributed by atoms with Crippen LogP contribution in [0.4, 0.5) is 5.69 Å². The van der Waals surface area contributed by atoms with Crippen LogP contribution in [0.1, 0.15) is 16.7 Å². The molecule has 0 radical (unpaired) electrons. The van der Waals surface area contributed by atoms with Crippen molar-refractivity contribution in [3.8, 4) is 11.8 Å². The summed E-state index contributed by atoms with van der Waals surface area (Å²) < 4.78 is 5.12. The van der Waals surface area contributed by atoms with Crippen LogP contribution in [-0.4, -0.2) is 7.11 Å². The van der Waals surface area contributed by atoms with E-state index in [1.54, 1.807) is 13.2 Å². The Hall–Kier alpha value is -2.18. The van der Waals surface area contributed by atoms with Gasteiger partial charge in [0, 0.05) is 6.54 Å². The summed E-state index contributed by atoms with van der Waals surface area (Å²) in [7, 11) is 1.56. The van der Waals surface area contributed by atoms with Crippen molar-refractivity contribution in [3.63, 3.8) is 0 Å². The molecule has 0 unspecified atom stereocenters. The van der Waals surface area contributed by atoms with E-state index in [2.05, 4.69) is 11.4 Å². The number of aryl methyl sites for hydroxylation is 1. The molecule has 0 atom stereocenters. The van der Waals surface area contributed by atoms with E-state index in [-0.39, 0.29) is 0 Å². The van der Waals surface area contributed by atoms with Gasteiger partial charge in [-0.3, -0.25) is 0 Å². The van der Waals surface area contributed by atoms with Gasteiger partial charge in [-0.2, -0.15) is 5.26 Å². The molecule has 0 bridgehead atoms. The van der Waals surface area contributed by atoms with Gasteiger partial charge in [0.15, 0.2) is 0 Å². The third-order valence-electron chi connectivity index (χ3n) is 2.99. The lowest BCUT2D eigenvalue weighted by Crippen LogP contribution is -2.01.